The summed E-state index contributed by atoms with van der Waals surface area (Å²) in [5, 5.41) is 2.86. The first-order valence-corrected chi connectivity index (χ1v) is 10.8. The monoisotopic (exact) mass is 401 g/mol. The highest BCUT2D eigenvalue weighted by atomic mass is 16.5. The lowest BCUT2D eigenvalue weighted by molar-refractivity contribution is -0.138. The van der Waals surface area contributed by atoms with Gasteiger partial charge in [0.05, 0.1) is 32.5 Å². The molecule has 1 aliphatic carbocycles. The van der Waals surface area contributed by atoms with Crippen molar-refractivity contribution < 1.29 is 28.5 Å². The van der Waals surface area contributed by atoms with Crippen LogP contribution in [0.5, 0.6) is 0 Å². The van der Waals surface area contributed by atoms with Crippen LogP contribution in [0.15, 0.2) is 0 Å². The van der Waals surface area contributed by atoms with E-state index in [-0.39, 0.29) is 24.3 Å². The maximum atomic E-state index is 12.0. The zero-order valence-corrected chi connectivity index (χ0v) is 17.7. The van der Waals surface area contributed by atoms with Crippen molar-refractivity contribution >= 4 is 11.7 Å². The lowest BCUT2D eigenvalue weighted by Crippen LogP contribution is -2.42. The van der Waals surface area contributed by atoms with Crippen LogP contribution >= 0.6 is 0 Å². The maximum Gasteiger partial charge on any atom is 0.287 e. The summed E-state index contributed by atoms with van der Waals surface area (Å²) in [4.78, 5) is 23.9. The number of rotatable bonds is 17. The quantitative estimate of drug-likeness (QED) is 0.298. The minimum absolute atomic E-state index is 0.100. The van der Waals surface area contributed by atoms with Crippen LogP contribution in [0.2, 0.25) is 0 Å². The number of carbonyl (C=O) groups is 2. The maximum absolute atomic E-state index is 12.0. The van der Waals surface area contributed by atoms with E-state index in [0.717, 1.165) is 51.6 Å². The summed E-state index contributed by atoms with van der Waals surface area (Å²) in [6, 6.07) is 0.100. The highest BCUT2D eigenvalue weighted by Crippen LogP contribution is 2.20. The van der Waals surface area contributed by atoms with E-state index in [2.05, 4.69) is 12.2 Å². The van der Waals surface area contributed by atoms with Crippen LogP contribution in [0.3, 0.4) is 0 Å². The van der Waals surface area contributed by atoms with Crippen LogP contribution in [0.25, 0.3) is 0 Å². The molecule has 7 heteroatoms. The van der Waals surface area contributed by atoms with Gasteiger partial charge in [-0.25, -0.2) is 0 Å². The molecule has 0 spiro atoms. The summed E-state index contributed by atoms with van der Waals surface area (Å²) in [6.07, 6.45) is 7.82. The van der Waals surface area contributed by atoms with Gasteiger partial charge in [0, 0.05) is 32.8 Å². The molecule has 0 aromatic rings. The molecule has 0 aliphatic heterocycles. The second kappa shape index (κ2) is 16.9. The van der Waals surface area contributed by atoms with E-state index in [0.29, 0.717) is 39.5 Å². The van der Waals surface area contributed by atoms with Gasteiger partial charge in [-0.05, 0) is 44.9 Å². The van der Waals surface area contributed by atoms with Crippen molar-refractivity contribution in [3.05, 3.63) is 0 Å². The van der Waals surface area contributed by atoms with Gasteiger partial charge in [-0.15, -0.1) is 0 Å². The normalized spacial score (nSPS) is 19.5. The van der Waals surface area contributed by atoms with Crippen LogP contribution in [-0.2, 0) is 28.5 Å². The Morgan fingerprint density at radius 2 is 1.39 bits per heavy atom. The zero-order chi connectivity index (χ0) is 20.5. The summed E-state index contributed by atoms with van der Waals surface area (Å²) < 4.78 is 21.6. The number of unbranched alkanes of at least 4 members (excludes halogenated alkanes) is 2. The smallest absolute Gasteiger partial charge is 0.287 e. The Labute approximate surface area is 169 Å². The van der Waals surface area contributed by atoms with E-state index in [4.69, 9.17) is 18.9 Å². The molecule has 7 nitrogen and oxygen atoms in total. The molecule has 0 heterocycles. The first-order chi connectivity index (χ1) is 13.7. The predicted octanol–water partition coefficient (Wildman–Crippen LogP) is 2.65. The Hall–Kier alpha value is -1.02. The van der Waals surface area contributed by atoms with Gasteiger partial charge in [0.25, 0.3) is 5.91 Å². The van der Waals surface area contributed by atoms with E-state index in [1.165, 1.54) is 0 Å². The standard InChI is InChI=1S/C21H39NO6/c1-3-4-12-26-14-16-28-17-15-27-13-6-5-7-20(23)21(24)22-18-8-10-19(25-2)11-9-18/h18-19H,3-17H2,1-2H3,(H,22,24). The molecule has 0 unspecified atom stereocenters. The fourth-order valence-electron chi connectivity index (χ4n) is 3.10. The van der Waals surface area contributed by atoms with Gasteiger partial charge in [-0.1, -0.05) is 13.3 Å². The van der Waals surface area contributed by atoms with Crippen molar-refractivity contribution in [2.75, 3.05) is 46.8 Å². The van der Waals surface area contributed by atoms with Crippen LogP contribution in [0, 0.1) is 0 Å². The third-order valence-corrected chi connectivity index (χ3v) is 4.92. The van der Waals surface area contributed by atoms with Crippen molar-refractivity contribution in [2.24, 2.45) is 0 Å². The Morgan fingerprint density at radius 1 is 0.821 bits per heavy atom. The van der Waals surface area contributed by atoms with Crippen LogP contribution in [-0.4, -0.2) is 70.6 Å². The molecule has 1 aliphatic rings. The molecule has 1 amide bonds. The number of hydrogen-bond acceptors (Lipinski definition) is 6. The number of ketones is 1. The van der Waals surface area contributed by atoms with Crippen molar-refractivity contribution in [3.8, 4) is 0 Å². The van der Waals surface area contributed by atoms with Gasteiger partial charge in [0.1, 0.15) is 0 Å². The van der Waals surface area contributed by atoms with E-state index >= 15 is 0 Å². The zero-order valence-electron chi connectivity index (χ0n) is 17.7. The predicted molar refractivity (Wildman–Crippen MR) is 107 cm³/mol. The summed E-state index contributed by atoms with van der Waals surface area (Å²) in [5.74, 6) is -0.781. The van der Waals surface area contributed by atoms with E-state index < -0.39 is 5.91 Å². The Balaban J connectivity index is 1.89. The van der Waals surface area contributed by atoms with Crippen molar-refractivity contribution in [3.63, 3.8) is 0 Å². The van der Waals surface area contributed by atoms with Gasteiger partial charge in [0.15, 0.2) is 0 Å². The number of methoxy groups -OCH3 is 1. The highest BCUT2D eigenvalue weighted by molar-refractivity contribution is 6.36. The first kappa shape index (κ1) is 25.0. The van der Waals surface area contributed by atoms with Gasteiger partial charge >= 0.3 is 0 Å². The molecule has 1 rings (SSSR count). The third kappa shape index (κ3) is 12.4. The second-order valence-corrected chi connectivity index (χ2v) is 7.25. The first-order valence-electron chi connectivity index (χ1n) is 10.8. The molecule has 28 heavy (non-hydrogen) atoms. The van der Waals surface area contributed by atoms with Gasteiger partial charge in [-0.2, -0.15) is 0 Å². The Bertz CT molecular complexity index is 410. The number of Topliss-reactive ketones (excluding diaryl/α,β-unsaturated/α-hetero) is 1. The molecule has 1 N–H and O–H groups in total. The fourth-order valence-corrected chi connectivity index (χ4v) is 3.10. The number of carbonyl (C=O) groups excluding carboxylic acids is 2. The van der Waals surface area contributed by atoms with E-state index in [1.807, 2.05) is 0 Å². The number of nitrogens with one attached hydrogen (secondary N) is 1. The summed E-state index contributed by atoms with van der Waals surface area (Å²) in [5.41, 5.74) is 0. The van der Waals surface area contributed by atoms with Crippen LogP contribution in [0.1, 0.15) is 64.7 Å². The molecular weight excluding hydrogens is 362 g/mol. The third-order valence-electron chi connectivity index (χ3n) is 4.92. The van der Waals surface area contributed by atoms with E-state index in [9.17, 15) is 9.59 Å². The number of ether oxygens (including phenoxy) is 4. The van der Waals surface area contributed by atoms with Gasteiger partial charge < -0.3 is 24.3 Å². The van der Waals surface area contributed by atoms with Gasteiger partial charge in [-0.3, -0.25) is 9.59 Å². The Kier molecular flexibility index (Phi) is 15.1. The van der Waals surface area contributed by atoms with Crippen LogP contribution < -0.4 is 5.32 Å². The van der Waals surface area contributed by atoms with Crippen LogP contribution in [0.4, 0.5) is 0 Å². The SMILES string of the molecule is CCCCOCCOCCOCCCCC(=O)C(=O)NC1CCC(OC)CC1. The lowest BCUT2D eigenvalue weighted by atomic mass is 9.93. The summed E-state index contributed by atoms with van der Waals surface area (Å²) in [7, 11) is 1.72. The van der Waals surface area contributed by atoms with Crippen molar-refractivity contribution in [1.29, 1.82) is 0 Å². The Morgan fingerprint density at radius 3 is 1.96 bits per heavy atom. The average molecular weight is 402 g/mol. The molecule has 164 valence electrons. The summed E-state index contributed by atoms with van der Waals surface area (Å²) >= 11 is 0. The molecule has 0 radical (unpaired) electrons. The lowest BCUT2D eigenvalue weighted by Gasteiger charge is -2.27. The fraction of sp³-hybridized carbons (Fsp3) is 0.905. The highest BCUT2D eigenvalue weighted by Gasteiger charge is 2.24. The average Bonchev–Trinajstić information content (AvgIpc) is 2.71. The number of hydrogen-bond donors (Lipinski definition) is 1. The minimum Gasteiger partial charge on any atom is -0.381 e. The molecule has 1 fully saturated rings. The molecule has 0 saturated heterocycles. The molecule has 0 aromatic heterocycles. The molecule has 0 atom stereocenters. The second-order valence-electron chi connectivity index (χ2n) is 7.25. The molecule has 1 saturated carbocycles. The van der Waals surface area contributed by atoms with Crippen molar-refractivity contribution in [2.45, 2.75) is 76.9 Å². The van der Waals surface area contributed by atoms with Crippen molar-refractivity contribution in [1.82, 2.24) is 5.32 Å². The summed E-state index contributed by atoms with van der Waals surface area (Å²) in [6.45, 7) is 5.80. The van der Waals surface area contributed by atoms with E-state index in [1.54, 1.807) is 7.11 Å². The largest absolute Gasteiger partial charge is 0.381 e. The van der Waals surface area contributed by atoms with Gasteiger partial charge in [0.2, 0.25) is 5.78 Å². The number of amides is 1. The topological polar surface area (TPSA) is 83.1 Å². The molecule has 0 bridgehead atoms. The molecule has 0 aromatic carbocycles. The molecular formula is C21H39NO6. The minimum atomic E-state index is -0.448.